The Morgan fingerprint density at radius 3 is 2.50 bits per heavy atom. The molecule has 2 rings (SSSR count). The van der Waals surface area contributed by atoms with Gasteiger partial charge in [-0.2, -0.15) is 0 Å². The van der Waals surface area contributed by atoms with E-state index in [1.54, 1.807) is 0 Å². The van der Waals surface area contributed by atoms with Gasteiger partial charge < -0.3 is 0 Å². The Balaban J connectivity index is 1.92. The molecule has 1 N–H and O–H groups in total. The second-order valence-corrected chi connectivity index (χ2v) is 3.49. The zero-order chi connectivity index (χ0) is 3.98. The Morgan fingerprint density at radius 2 is 2.33 bits per heavy atom. The van der Waals surface area contributed by atoms with Crippen LogP contribution in [0.4, 0.5) is 0 Å². The number of hydrogen-bond donors (Lipinski definition) is 2. The largest absolute Gasteiger partial charge is 0.230 e. The van der Waals surface area contributed by atoms with E-state index in [2.05, 4.69) is 4.89 Å². The molecular weight excluding hydrogens is 98.1 g/mol. The highest BCUT2D eigenvalue weighted by molar-refractivity contribution is 8.16. The molecule has 2 aliphatic rings. The van der Waals surface area contributed by atoms with Crippen LogP contribution in [-0.2, 0) is 4.28 Å². The fourth-order valence-corrected chi connectivity index (χ4v) is 1.59. The molecule has 2 nitrogen and oxygen atoms in total. The molecule has 0 spiro atoms. The zero-order valence-corrected chi connectivity index (χ0v) is 4.24. The molecule has 0 aromatic heterocycles. The summed E-state index contributed by atoms with van der Waals surface area (Å²) in [4.78, 5) is 2.86. The van der Waals surface area contributed by atoms with Crippen LogP contribution in [0.2, 0.25) is 0 Å². The van der Waals surface area contributed by atoms with Crippen molar-refractivity contribution in [2.45, 2.75) is 18.1 Å². The van der Waals surface area contributed by atoms with Gasteiger partial charge in [0.05, 0.1) is 0 Å². The lowest BCUT2D eigenvalue weighted by Gasteiger charge is -1.76. The molecule has 1 saturated heterocycles. The molecule has 1 aliphatic heterocycles. The van der Waals surface area contributed by atoms with Gasteiger partial charge in [0, 0.05) is 5.25 Å². The molecular formula is C3H7NOS. The lowest BCUT2D eigenvalue weighted by atomic mass is 11.0. The fraction of sp³-hybridized carbons (Fsp3) is 1.00. The quantitative estimate of drug-likeness (QED) is 0.376. The molecule has 0 aromatic rings. The Hall–Kier alpha value is 0.270. The van der Waals surface area contributed by atoms with E-state index in [-0.39, 0.29) is 11.4 Å². The van der Waals surface area contributed by atoms with Crippen LogP contribution in [0.1, 0.15) is 12.8 Å². The summed E-state index contributed by atoms with van der Waals surface area (Å²) in [5.41, 5.74) is 0. The SMILES string of the molecule is C1CC1[SH]1NO1. The second-order valence-electron chi connectivity index (χ2n) is 1.74. The topological polar surface area (TPSA) is 34.5 Å². The standard InChI is InChI=1S/C3H7NOS/c1-2-3(1)6-4-5-6/h3-4,6H,1-2H2. The van der Waals surface area contributed by atoms with Crippen LogP contribution in [0.3, 0.4) is 0 Å². The Labute approximate surface area is 39.5 Å². The van der Waals surface area contributed by atoms with Crippen molar-refractivity contribution in [1.82, 2.24) is 4.89 Å². The van der Waals surface area contributed by atoms with E-state index in [1.807, 2.05) is 0 Å². The molecule has 36 valence electrons. The molecule has 0 radical (unpaired) electrons. The predicted octanol–water partition coefficient (Wildman–Crippen LogP) is 0.515. The van der Waals surface area contributed by atoms with Crippen LogP contribution in [0, 0.1) is 0 Å². The van der Waals surface area contributed by atoms with Gasteiger partial charge in [0.15, 0.2) is 0 Å². The van der Waals surface area contributed by atoms with Crippen LogP contribution in [-0.4, -0.2) is 5.25 Å². The van der Waals surface area contributed by atoms with Gasteiger partial charge in [-0.25, -0.2) is 4.28 Å². The van der Waals surface area contributed by atoms with Crippen LogP contribution < -0.4 is 4.89 Å². The first-order valence-electron chi connectivity index (χ1n) is 2.19. The van der Waals surface area contributed by atoms with Crippen molar-refractivity contribution in [2.24, 2.45) is 0 Å². The van der Waals surface area contributed by atoms with Gasteiger partial charge in [0.1, 0.15) is 0 Å². The lowest BCUT2D eigenvalue weighted by molar-refractivity contribution is 0.469. The van der Waals surface area contributed by atoms with Crippen LogP contribution >= 0.6 is 11.4 Å². The smallest absolute Gasteiger partial charge is 0.0242 e. The summed E-state index contributed by atoms with van der Waals surface area (Å²) in [6, 6.07) is 0. The van der Waals surface area contributed by atoms with Crippen molar-refractivity contribution in [2.75, 3.05) is 0 Å². The monoisotopic (exact) mass is 105 g/mol. The number of thiol groups is 1. The number of rotatable bonds is 1. The number of nitrogens with one attached hydrogen (secondary N) is 1. The van der Waals surface area contributed by atoms with Crippen molar-refractivity contribution in [1.29, 1.82) is 0 Å². The first-order valence-corrected chi connectivity index (χ1v) is 3.51. The third-order valence-corrected chi connectivity index (χ3v) is 2.65. The summed E-state index contributed by atoms with van der Waals surface area (Å²) in [5.74, 6) is 0. The minimum Gasteiger partial charge on any atom is -0.230 e. The van der Waals surface area contributed by atoms with Crippen LogP contribution in [0.25, 0.3) is 0 Å². The van der Waals surface area contributed by atoms with E-state index in [9.17, 15) is 0 Å². The molecule has 6 heavy (non-hydrogen) atoms. The van der Waals surface area contributed by atoms with Crippen molar-refractivity contribution in [3.8, 4) is 0 Å². The van der Waals surface area contributed by atoms with Crippen molar-refractivity contribution >= 4 is 11.4 Å². The highest BCUT2D eigenvalue weighted by atomic mass is 32.2. The molecule has 1 heterocycles. The molecule has 3 heteroatoms. The van der Waals surface area contributed by atoms with E-state index in [0.29, 0.717) is 0 Å². The van der Waals surface area contributed by atoms with Gasteiger partial charge in [-0.3, -0.25) is 0 Å². The molecule has 1 saturated carbocycles. The molecule has 1 aliphatic carbocycles. The molecule has 0 amide bonds. The highest BCUT2D eigenvalue weighted by Gasteiger charge is 2.36. The zero-order valence-electron chi connectivity index (χ0n) is 3.35. The maximum absolute atomic E-state index is 4.85. The molecule has 1 unspecified atom stereocenters. The average Bonchev–Trinajstić information content (AvgIpc) is 2.26. The first kappa shape index (κ1) is 3.29. The molecule has 1 atom stereocenters. The summed E-state index contributed by atoms with van der Waals surface area (Å²) in [6.45, 7) is 0. The summed E-state index contributed by atoms with van der Waals surface area (Å²) >= 11 is -0.0484. The summed E-state index contributed by atoms with van der Waals surface area (Å²) in [6.07, 6.45) is 2.80. The van der Waals surface area contributed by atoms with Gasteiger partial charge in [0.25, 0.3) is 0 Å². The summed E-state index contributed by atoms with van der Waals surface area (Å²) in [5, 5.41) is 0.944. The van der Waals surface area contributed by atoms with Crippen molar-refractivity contribution in [3.05, 3.63) is 0 Å². The van der Waals surface area contributed by atoms with Gasteiger partial charge in [-0.1, -0.05) is 0 Å². The fourth-order valence-electron chi connectivity index (χ4n) is 0.482. The minimum absolute atomic E-state index is 0.0484. The lowest BCUT2D eigenvalue weighted by Crippen LogP contribution is -1.68. The summed E-state index contributed by atoms with van der Waals surface area (Å²) in [7, 11) is 0. The van der Waals surface area contributed by atoms with Gasteiger partial charge in [0.2, 0.25) is 0 Å². The van der Waals surface area contributed by atoms with E-state index < -0.39 is 0 Å². The van der Waals surface area contributed by atoms with Crippen molar-refractivity contribution in [3.63, 3.8) is 0 Å². The maximum atomic E-state index is 4.85. The van der Waals surface area contributed by atoms with Gasteiger partial charge in [-0.05, 0) is 24.2 Å². The number of hydrogen-bond acceptors (Lipinski definition) is 2. The van der Waals surface area contributed by atoms with Gasteiger partial charge in [-0.15, -0.1) is 4.89 Å². The average molecular weight is 105 g/mol. The summed E-state index contributed by atoms with van der Waals surface area (Å²) < 4.78 is 4.85. The predicted molar refractivity (Wildman–Crippen MR) is 26.2 cm³/mol. The maximum Gasteiger partial charge on any atom is 0.0242 e. The third kappa shape index (κ3) is 0.433. The Morgan fingerprint density at radius 1 is 1.67 bits per heavy atom. The molecule has 0 aromatic carbocycles. The Bertz CT molecular complexity index is 59.2. The third-order valence-electron chi connectivity index (χ3n) is 1.08. The van der Waals surface area contributed by atoms with Crippen LogP contribution in [0.5, 0.6) is 0 Å². The molecule has 0 bridgehead atoms. The second kappa shape index (κ2) is 0.911. The molecule has 2 fully saturated rings. The van der Waals surface area contributed by atoms with E-state index >= 15 is 0 Å². The van der Waals surface area contributed by atoms with Gasteiger partial charge >= 0.3 is 0 Å². The van der Waals surface area contributed by atoms with E-state index in [1.165, 1.54) is 12.8 Å². The van der Waals surface area contributed by atoms with Crippen molar-refractivity contribution < 1.29 is 4.28 Å². The van der Waals surface area contributed by atoms with E-state index in [4.69, 9.17) is 4.28 Å². The van der Waals surface area contributed by atoms with Crippen LogP contribution in [0.15, 0.2) is 0 Å². The first-order chi connectivity index (χ1) is 2.97. The van der Waals surface area contributed by atoms with E-state index in [0.717, 1.165) is 5.25 Å². The highest BCUT2D eigenvalue weighted by Crippen LogP contribution is 2.51. The normalized spacial score (nSPS) is 49.0. The Kier molecular flexibility index (Phi) is 0.500. The minimum atomic E-state index is -0.0484.